The number of hydrogen-bond donors (Lipinski definition) is 0. The minimum atomic E-state index is 0.711. The van der Waals surface area contributed by atoms with Crippen LogP contribution in [-0.4, -0.2) is 72.6 Å². The van der Waals surface area contributed by atoms with E-state index in [0.717, 1.165) is 6.04 Å². The van der Waals surface area contributed by atoms with E-state index in [1.807, 2.05) is 0 Å². The molecule has 2 fully saturated rings. The van der Waals surface area contributed by atoms with Gasteiger partial charge in [-0.25, -0.2) is 0 Å². The summed E-state index contributed by atoms with van der Waals surface area (Å²) in [5.41, 5.74) is 0. The smallest absolute Gasteiger partial charge is 0.0195 e. The molecule has 0 bridgehead atoms. The average molecular weight is 239 g/mol. The van der Waals surface area contributed by atoms with Gasteiger partial charge in [0.25, 0.3) is 0 Å². The van der Waals surface area contributed by atoms with Gasteiger partial charge in [-0.2, -0.15) is 0 Å². The summed E-state index contributed by atoms with van der Waals surface area (Å²) in [6.07, 6.45) is 2.74. The topological polar surface area (TPSA) is 9.72 Å². The summed E-state index contributed by atoms with van der Waals surface area (Å²) in [7, 11) is 2.27. The van der Waals surface area contributed by atoms with Crippen molar-refractivity contribution in [2.24, 2.45) is 0 Å². The van der Waals surface area contributed by atoms with Crippen molar-refractivity contribution in [3.05, 3.63) is 0 Å². The average Bonchev–Trinajstić information content (AvgIpc) is 2.35. The van der Waals surface area contributed by atoms with Crippen molar-refractivity contribution in [3.63, 3.8) is 0 Å². The van der Waals surface area contributed by atoms with Crippen molar-refractivity contribution in [3.8, 4) is 0 Å². The van der Waals surface area contributed by atoms with E-state index in [9.17, 15) is 0 Å². The van der Waals surface area contributed by atoms with E-state index in [2.05, 4.69) is 42.5 Å². The molecule has 100 valence electrons. The third-order valence-electron chi connectivity index (χ3n) is 4.91. The van der Waals surface area contributed by atoms with Crippen LogP contribution in [0.1, 0.15) is 33.6 Å². The lowest BCUT2D eigenvalue weighted by Gasteiger charge is -2.47. The standard InChI is InChI=1S/C14H29N3/c1-5-16-8-6-14(7-9-16)17-10-12(2)15(4)13(3)11-17/h12-14H,5-11H2,1-4H3/t12-,13+. The van der Waals surface area contributed by atoms with Crippen molar-refractivity contribution in [1.82, 2.24) is 14.7 Å². The summed E-state index contributed by atoms with van der Waals surface area (Å²) in [5.74, 6) is 0. The maximum Gasteiger partial charge on any atom is 0.0195 e. The van der Waals surface area contributed by atoms with E-state index in [1.165, 1.54) is 45.6 Å². The third kappa shape index (κ3) is 3.01. The zero-order valence-electron chi connectivity index (χ0n) is 12.0. The Labute approximate surface area is 107 Å². The van der Waals surface area contributed by atoms with Crippen LogP contribution in [0.15, 0.2) is 0 Å². The second-order valence-corrected chi connectivity index (χ2v) is 5.98. The molecule has 0 aromatic carbocycles. The fourth-order valence-corrected chi connectivity index (χ4v) is 3.34. The van der Waals surface area contributed by atoms with Gasteiger partial charge in [0.2, 0.25) is 0 Å². The van der Waals surface area contributed by atoms with Gasteiger partial charge < -0.3 is 4.90 Å². The van der Waals surface area contributed by atoms with Crippen LogP contribution in [0, 0.1) is 0 Å². The van der Waals surface area contributed by atoms with Gasteiger partial charge in [-0.3, -0.25) is 9.80 Å². The molecule has 0 aliphatic carbocycles. The highest BCUT2D eigenvalue weighted by molar-refractivity contribution is 4.88. The first kappa shape index (κ1) is 13.3. The summed E-state index contributed by atoms with van der Waals surface area (Å²) in [6, 6.07) is 2.27. The minimum absolute atomic E-state index is 0.711. The number of nitrogens with zero attached hydrogens (tertiary/aromatic N) is 3. The Morgan fingerprint density at radius 2 is 1.53 bits per heavy atom. The van der Waals surface area contributed by atoms with Crippen molar-refractivity contribution in [2.45, 2.75) is 51.7 Å². The largest absolute Gasteiger partial charge is 0.303 e. The Morgan fingerprint density at radius 3 is 2.00 bits per heavy atom. The molecular formula is C14H29N3. The summed E-state index contributed by atoms with van der Waals surface area (Å²) < 4.78 is 0. The first-order valence-corrected chi connectivity index (χ1v) is 7.30. The second kappa shape index (κ2) is 5.68. The molecule has 2 saturated heterocycles. The van der Waals surface area contributed by atoms with Crippen LogP contribution in [0.2, 0.25) is 0 Å². The molecule has 2 aliphatic rings. The van der Waals surface area contributed by atoms with Gasteiger partial charge in [-0.1, -0.05) is 6.92 Å². The fourth-order valence-electron chi connectivity index (χ4n) is 3.34. The first-order chi connectivity index (χ1) is 8.11. The van der Waals surface area contributed by atoms with Crippen molar-refractivity contribution in [2.75, 3.05) is 39.8 Å². The van der Waals surface area contributed by atoms with Gasteiger partial charge in [0.1, 0.15) is 0 Å². The molecule has 0 spiro atoms. The summed E-state index contributed by atoms with van der Waals surface area (Å²) in [4.78, 5) is 7.86. The molecule has 0 radical (unpaired) electrons. The van der Waals surface area contributed by atoms with Crippen molar-refractivity contribution in [1.29, 1.82) is 0 Å². The maximum atomic E-state index is 2.75. The van der Waals surface area contributed by atoms with Gasteiger partial charge >= 0.3 is 0 Å². The maximum absolute atomic E-state index is 2.75. The second-order valence-electron chi connectivity index (χ2n) is 5.98. The molecule has 0 saturated carbocycles. The molecule has 3 heteroatoms. The van der Waals surface area contributed by atoms with E-state index in [4.69, 9.17) is 0 Å². The van der Waals surface area contributed by atoms with Gasteiger partial charge in [-0.05, 0) is 53.4 Å². The van der Waals surface area contributed by atoms with Crippen LogP contribution in [0.5, 0.6) is 0 Å². The Balaban J connectivity index is 1.87. The molecule has 0 amide bonds. The molecular weight excluding hydrogens is 210 g/mol. The van der Waals surface area contributed by atoms with Crippen LogP contribution in [0.25, 0.3) is 0 Å². The van der Waals surface area contributed by atoms with Gasteiger partial charge in [0, 0.05) is 31.2 Å². The Kier molecular flexibility index (Phi) is 4.45. The number of hydrogen-bond acceptors (Lipinski definition) is 3. The van der Waals surface area contributed by atoms with Crippen LogP contribution in [0.4, 0.5) is 0 Å². The van der Waals surface area contributed by atoms with Gasteiger partial charge in [-0.15, -0.1) is 0 Å². The van der Waals surface area contributed by atoms with E-state index in [0.29, 0.717) is 12.1 Å². The summed E-state index contributed by atoms with van der Waals surface area (Å²) in [5, 5.41) is 0. The Hall–Kier alpha value is -0.120. The highest BCUT2D eigenvalue weighted by Crippen LogP contribution is 2.22. The Bertz CT molecular complexity index is 224. The Morgan fingerprint density at radius 1 is 1.00 bits per heavy atom. The molecule has 0 aromatic heterocycles. The predicted molar refractivity (Wildman–Crippen MR) is 73.4 cm³/mol. The normalized spacial score (nSPS) is 35.3. The van der Waals surface area contributed by atoms with E-state index in [-0.39, 0.29) is 0 Å². The molecule has 2 rings (SSSR count). The zero-order chi connectivity index (χ0) is 12.4. The third-order valence-corrected chi connectivity index (χ3v) is 4.91. The number of likely N-dealkylation sites (N-methyl/N-ethyl adjacent to an activating group) is 1. The molecule has 0 N–H and O–H groups in total. The quantitative estimate of drug-likeness (QED) is 0.723. The lowest BCUT2D eigenvalue weighted by molar-refractivity contribution is 0.0138. The molecule has 2 atom stereocenters. The number of likely N-dealkylation sites (tertiary alicyclic amines) is 1. The zero-order valence-corrected chi connectivity index (χ0v) is 12.0. The first-order valence-electron chi connectivity index (χ1n) is 7.30. The van der Waals surface area contributed by atoms with Gasteiger partial charge in [0.15, 0.2) is 0 Å². The van der Waals surface area contributed by atoms with E-state index < -0.39 is 0 Å². The molecule has 2 aliphatic heterocycles. The van der Waals surface area contributed by atoms with Gasteiger partial charge in [0.05, 0.1) is 0 Å². The molecule has 3 nitrogen and oxygen atoms in total. The van der Waals surface area contributed by atoms with Crippen LogP contribution in [-0.2, 0) is 0 Å². The molecule has 17 heavy (non-hydrogen) atoms. The highest BCUT2D eigenvalue weighted by atomic mass is 15.3. The lowest BCUT2D eigenvalue weighted by atomic mass is 9.99. The van der Waals surface area contributed by atoms with E-state index in [1.54, 1.807) is 0 Å². The molecule has 0 unspecified atom stereocenters. The van der Waals surface area contributed by atoms with Crippen molar-refractivity contribution >= 4 is 0 Å². The number of piperidine rings is 1. The molecule has 0 aromatic rings. The van der Waals surface area contributed by atoms with Crippen LogP contribution >= 0.6 is 0 Å². The van der Waals surface area contributed by atoms with Crippen molar-refractivity contribution < 1.29 is 0 Å². The number of rotatable bonds is 2. The molecule has 2 heterocycles. The summed E-state index contributed by atoms with van der Waals surface area (Å²) in [6.45, 7) is 13.4. The van der Waals surface area contributed by atoms with E-state index >= 15 is 0 Å². The number of piperazine rings is 1. The SMILES string of the molecule is CCN1CCC(N2C[C@@H](C)N(C)[C@@H](C)C2)CC1. The fraction of sp³-hybridized carbons (Fsp3) is 1.00. The summed E-state index contributed by atoms with van der Waals surface area (Å²) >= 11 is 0. The minimum Gasteiger partial charge on any atom is -0.303 e. The van der Waals surface area contributed by atoms with Crippen LogP contribution in [0.3, 0.4) is 0 Å². The van der Waals surface area contributed by atoms with Crippen LogP contribution < -0.4 is 0 Å². The highest BCUT2D eigenvalue weighted by Gasteiger charge is 2.32. The lowest BCUT2D eigenvalue weighted by Crippen LogP contribution is -2.59. The predicted octanol–water partition coefficient (Wildman–Crippen LogP) is 1.50. The monoisotopic (exact) mass is 239 g/mol.